The molecule has 0 aromatic heterocycles. The van der Waals surface area contributed by atoms with Crippen molar-refractivity contribution >= 4 is 29.6 Å². The summed E-state index contributed by atoms with van der Waals surface area (Å²) >= 11 is 0. The molecule has 9 nitrogen and oxygen atoms in total. The normalized spacial score (nSPS) is 12.2. The second-order valence-electron chi connectivity index (χ2n) is 8.53. The minimum Gasteiger partial charge on any atom is -0.497 e. The van der Waals surface area contributed by atoms with Gasteiger partial charge in [-0.3, -0.25) is 19.8 Å². The molecule has 0 saturated heterocycles. The fraction of sp³-hybridized carbons (Fsp3) is 0.346. The molecule has 2 rings (SSSR count). The molecule has 9 heteroatoms. The Balaban J connectivity index is 2.13. The number of hydrogen-bond acceptors (Lipinski definition) is 6. The number of rotatable bonds is 13. The molecule has 2 aromatic carbocycles. The van der Waals surface area contributed by atoms with Crippen molar-refractivity contribution < 1.29 is 19.1 Å². The first-order valence-electron chi connectivity index (χ1n) is 11.4. The van der Waals surface area contributed by atoms with E-state index >= 15 is 0 Å². The molecule has 5 N–H and O–H groups in total. The zero-order chi connectivity index (χ0) is 25.8. The second-order valence-corrected chi connectivity index (χ2v) is 8.53. The maximum absolute atomic E-state index is 13.2. The van der Waals surface area contributed by atoms with Crippen LogP contribution >= 0.6 is 0 Å². The lowest BCUT2D eigenvalue weighted by Gasteiger charge is -2.24. The first-order chi connectivity index (χ1) is 16.7. The molecule has 0 saturated carbocycles. The van der Waals surface area contributed by atoms with Gasteiger partial charge in [-0.2, -0.15) is 0 Å². The molecule has 2 aromatic rings. The van der Waals surface area contributed by atoms with Crippen LogP contribution in [0.4, 0.5) is 0 Å². The fourth-order valence-corrected chi connectivity index (χ4v) is 3.39. The zero-order valence-corrected chi connectivity index (χ0v) is 20.3. The van der Waals surface area contributed by atoms with Crippen LogP contribution < -0.4 is 20.7 Å². The summed E-state index contributed by atoms with van der Waals surface area (Å²) in [5, 5.41) is 22.8. The Hall–Kier alpha value is -4.01. The minimum absolute atomic E-state index is 0.125. The third-order valence-corrected chi connectivity index (χ3v) is 5.26. The van der Waals surface area contributed by atoms with Crippen LogP contribution in [0.1, 0.15) is 31.4 Å². The first-order valence-corrected chi connectivity index (χ1v) is 11.4. The number of carbonyl (C=O) groups excluding carboxylic acids is 3. The minimum atomic E-state index is -1.02. The van der Waals surface area contributed by atoms with Gasteiger partial charge in [0.2, 0.25) is 11.8 Å². The lowest BCUT2D eigenvalue weighted by molar-refractivity contribution is -0.131. The maximum atomic E-state index is 13.2. The van der Waals surface area contributed by atoms with E-state index in [1.165, 1.54) is 0 Å². The molecule has 0 unspecified atom stereocenters. The Morgan fingerprint density at radius 3 is 2.14 bits per heavy atom. The lowest BCUT2D eigenvalue weighted by atomic mass is 10.0. The standard InChI is InChI=1S/C26H33N5O4/c1-17(2)13-22(25(33)29-16-19-9-11-20(35-3)12-10-19)31-26(34)23(30-24(32)21(28)15-27)14-18-7-5-4-6-8-18/h4-12,15,17,22-23,27-28H,13-14,16H2,1-3H3,(H,29,33)(H,30,32)(H,31,34)/t22-,23-/m0/s1. The van der Waals surface area contributed by atoms with Crippen LogP contribution in [0.5, 0.6) is 5.75 Å². The predicted octanol–water partition coefficient (Wildman–Crippen LogP) is 2.24. The largest absolute Gasteiger partial charge is 0.497 e. The van der Waals surface area contributed by atoms with Crippen LogP contribution in [-0.4, -0.2) is 48.8 Å². The van der Waals surface area contributed by atoms with E-state index in [0.717, 1.165) is 11.1 Å². The maximum Gasteiger partial charge on any atom is 0.271 e. The van der Waals surface area contributed by atoms with Crippen molar-refractivity contribution in [3.05, 3.63) is 65.7 Å². The van der Waals surface area contributed by atoms with Crippen LogP contribution in [-0.2, 0) is 27.3 Å². The molecular formula is C26H33N5O4. The van der Waals surface area contributed by atoms with Crippen LogP contribution in [0, 0.1) is 16.7 Å². The number of nitrogens with one attached hydrogen (secondary N) is 5. The highest BCUT2D eigenvalue weighted by atomic mass is 16.5. The quantitative estimate of drug-likeness (QED) is 0.281. The number of ether oxygens (including phenoxy) is 1. The Kier molecular flexibility index (Phi) is 10.6. The van der Waals surface area contributed by atoms with E-state index in [2.05, 4.69) is 16.0 Å². The van der Waals surface area contributed by atoms with Gasteiger partial charge in [0.05, 0.1) is 7.11 Å². The van der Waals surface area contributed by atoms with Gasteiger partial charge in [0.25, 0.3) is 5.91 Å². The summed E-state index contributed by atoms with van der Waals surface area (Å²) in [7, 11) is 1.58. The number of carbonyl (C=O) groups is 3. The average Bonchev–Trinajstić information content (AvgIpc) is 2.86. The Labute approximate surface area is 205 Å². The van der Waals surface area contributed by atoms with Crippen molar-refractivity contribution in [1.82, 2.24) is 16.0 Å². The summed E-state index contributed by atoms with van der Waals surface area (Å²) in [6.45, 7) is 4.18. The summed E-state index contributed by atoms with van der Waals surface area (Å²) in [5.74, 6) is -0.863. The van der Waals surface area contributed by atoms with E-state index in [-0.39, 0.29) is 24.8 Å². The number of benzene rings is 2. The van der Waals surface area contributed by atoms with E-state index in [9.17, 15) is 14.4 Å². The van der Waals surface area contributed by atoms with E-state index in [4.69, 9.17) is 15.6 Å². The molecule has 186 valence electrons. The smallest absolute Gasteiger partial charge is 0.271 e. The average molecular weight is 480 g/mol. The summed E-state index contributed by atoms with van der Waals surface area (Å²) in [5.41, 5.74) is 1.12. The van der Waals surface area contributed by atoms with Crippen LogP contribution in [0.15, 0.2) is 54.6 Å². The van der Waals surface area contributed by atoms with Gasteiger partial charge in [-0.15, -0.1) is 0 Å². The molecule has 0 aliphatic heterocycles. The van der Waals surface area contributed by atoms with Crippen molar-refractivity contribution in [3.8, 4) is 5.75 Å². The molecule has 0 radical (unpaired) electrons. The van der Waals surface area contributed by atoms with Gasteiger partial charge >= 0.3 is 0 Å². The van der Waals surface area contributed by atoms with Gasteiger partial charge < -0.3 is 26.1 Å². The highest BCUT2D eigenvalue weighted by Crippen LogP contribution is 2.12. The van der Waals surface area contributed by atoms with Gasteiger partial charge in [-0.25, -0.2) is 0 Å². The van der Waals surface area contributed by atoms with Crippen molar-refractivity contribution in [2.75, 3.05) is 7.11 Å². The van der Waals surface area contributed by atoms with Crippen LogP contribution in [0.2, 0.25) is 0 Å². The van der Waals surface area contributed by atoms with E-state index in [1.54, 1.807) is 19.2 Å². The van der Waals surface area contributed by atoms with Gasteiger partial charge in [-0.05, 0) is 35.6 Å². The van der Waals surface area contributed by atoms with Gasteiger partial charge in [0.15, 0.2) is 0 Å². The SMILES string of the molecule is COc1ccc(CNC(=O)[C@H](CC(C)C)NC(=O)[C@H](Cc2ccccc2)NC(=O)C(=N)C=N)cc1. The third kappa shape index (κ3) is 9.04. The number of hydrogen-bond donors (Lipinski definition) is 5. The molecule has 0 aliphatic rings. The Morgan fingerprint density at radius 2 is 1.57 bits per heavy atom. The van der Waals surface area contributed by atoms with Crippen molar-refractivity contribution in [2.45, 2.75) is 45.3 Å². The topological polar surface area (TPSA) is 144 Å². The molecule has 0 fully saturated rings. The lowest BCUT2D eigenvalue weighted by Crippen LogP contribution is -2.55. The Morgan fingerprint density at radius 1 is 0.914 bits per heavy atom. The van der Waals surface area contributed by atoms with E-state index in [0.29, 0.717) is 18.4 Å². The van der Waals surface area contributed by atoms with Crippen LogP contribution in [0.3, 0.4) is 0 Å². The summed E-state index contributed by atoms with van der Waals surface area (Å²) in [6, 6.07) is 14.6. The summed E-state index contributed by atoms with van der Waals surface area (Å²) < 4.78 is 5.14. The molecule has 0 heterocycles. The molecule has 0 aliphatic carbocycles. The summed E-state index contributed by atoms with van der Waals surface area (Å²) in [4.78, 5) is 38.4. The first kappa shape index (κ1) is 27.2. The van der Waals surface area contributed by atoms with Crippen molar-refractivity contribution in [2.24, 2.45) is 5.92 Å². The highest BCUT2D eigenvalue weighted by Gasteiger charge is 2.28. The van der Waals surface area contributed by atoms with Crippen molar-refractivity contribution in [3.63, 3.8) is 0 Å². The Bertz CT molecular complexity index is 1020. The monoisotopic (exact) mass is 479 g/mol. The predicted molar refractivity (Wildman–Crippen MR) is 135 cm³/mol. The molecule has 2 atom stereocenters. The van der Waals surface area contributed by atoms with E-state index in [1.807, 2.05) is 56.3 Å². The number of amides is 3. The van der Waals surface area contributed by atoms with Gasteiger partial charge in [0, 0.05) is 19.2 Å². The number of methoxy groups -OCH3 is 1. The fourth-order valence-electron chi connectivity index (χ4n) is 3.39. The van der Waals surface area contributed by atoms with Gasteiger partial charge in [0.1, 0.15) is 23.5 Å². The second kappa shape index (κ2) is 13.6. The molecule has 35 heavy (non-hydrogen) atoms. The molecule has 3 amide bonds. The molecule has 0 bridgehead atoms. The van der Waals surface area contributed by atoms with Crippen molar-refractivity contribution in [1.29, 1.82) is 10.8 Å². The molecule has 0 spiro atoms. The third-order valence-electron chi connectivity index (χ3n) is 5.26. The molecular weight excluding hydrogens is 446 g/mol. The summed E-state index contributed by atoms with van der Waals surface area (Å²) in [6.07, 6.45) is 1.19. The van der Waals surface area contributed by atoms with Crippen LogP contribution in [0.25, 0.3) is 0 Å². The van der Waals surface area contributed by atoms with E-state index < -0.39 is 29.6 Å². The zero-order valence-electron chi connectivity index (χ0n) is 20.3. The highest BCUT2D eigenvalue weighted by molar-refractivity contribution is 6.59. The van der Waals surface area contributed by atoms with Gasteiger partial charge in [-0.1, -0.05) is 56.3 Å².